The molecule has 2 spiro atoms. The molecule has 10 nitrogen and oxygen atoms in total. The van der Waals surface area contributed by atoms with Crippen LogP contribution < -0.4 is 0 Å². The lowest BCUT2D eigenvalue weighted by atomic mass is 9.41. The fourth-order valence-electron chi connectivity index (χ4n) is 14.3. The van der Waals surface area contributed by atoms with Crippen molar-refractivity contribution in [1.82, 2.24) is 4.90 Å². The smallest absolute Gasteiger partial charge is 0.303 e. The predicted molar refractivity (Wildman–Crippen MR) is 179 cm³/mol. The highest BCUT2D eigenvalue weighted by Crippen LogP contribution is 2.89. The number of esters is 1. The first-order chi connectivity index (χ1) is 22.9. The molecule has 276 valence electrons. The summed E-state index contributed by atoms with van der Waals surface area (Å²) in [5.74, 6) is 0.970. The van der Waals surface area contributed by atoms with E-state index in [1.807, 2.05) is 4.90 Å². The highest BCUT2D eigenvalue weighted by molar-refractivity contribution is 5.78. The average molecular weight is 688 g/mol. The highest BCUT2D eigenvalue weighted by atomic mass is 16.7. The van der Waals surface area contributed by atoms with Gasteiger partial charge in [-0.2, -0.15) is 0 Å². The summed E-state index contributed by atoms with van der Waals surface area (Å²) < 4.78 is 31.5. The molecule has 3 saturated heterocycles. The SMILES string of the molecule is CC(=O)O[C@@H]([C@H]1C[C@@H](C)[C@H]2[C@H](O1)[C@H](O)[C@@]1(C)[C@@H]3CC[C@H]4C(C)(C)[C@@H](O[C@@H]5OCCN6C[C@@H]5OCC6=O)CC[C@@]45C[C@@]35CC[C@]21C)C(C)(C)O. The minimum absolute atomic E-state index is 0.0290. The van der Waals surface area contributed by atoms with E-state index in [1.165, 1.54) is 19.8 Å². The van der Waals surface area contributed by atoms with Crippen LogP contribution in [0.1, 0.15) is 107 Å². The van der Waals surface area contributed by atoms with E-state index in [2.05, 4.69) is 34.6 Å². The maximum Gasteiger partial charge on any atom is 0.303 e. The van der Waals surface area contributed by atoms with Gasteiger partial charge in [-0.25, -0.2) is 0 Å². The third kappa shape index (κ3) is 4.65. The number of amides is 1. The van der Waals surface area contributed by atoms with Gasteiger partial charge in [0, 0.05) is 18.9 Å². The van der Waals surface area contributed by atoms with E-state index < -0.39 is 36.2 Å². The number of aliphatic hydroxyl groups is 2. The zero-order valence-corrected chi connectivity index (χ0v) is 31.0. The minimum Gasteiger partial charge on any atom is -0.457 e. The van der Waals surface area contributed by atoms with Crippen LogP contribution >= 0.6 is 0 Å². The fraction of sp³-hybridized carbons (Fsp3) is 0.949. The number of fused-ring (bicyclic) bond motifs is 6. The van der Waals surface area contributed by atoms with Gasteiger partial charge in [-0.3, -0.25) is 9.59 Å². The summed E-state index contributed by atoms with van der Waals surface area (Å²) in [5.41, 5.74) is -1.25. The van der Waals surface area contributed by atoms with Crippen LogP contribution in [0.2, 0.25) is 0 Å². The van der Waals surface area contributed by atoms with E-state index in [1.54, 1.807) is 13.8 Å². The first-order valence-electron chi connectivity index (χ1n) is 19.3. The molecule has 0 radical (unpaired) electrons. The second-order valence-electron chi connectivity index (χ2n) is 19.3. The summed E-state index contributed by atoms with van der Waals surface area (Å²) in [6.45, 7) is 18.3. The summed E-state index contributed by atoms with van der Waals surface area (Å²) in [4.78, 5) is 26.2. The Hall–Kier alpha value is -1.30. The lowest BCUT2D eigenvalue weighted by Gasteiger charge is -2.64. The molecule has 15 atom stereocenters. The molecule has 3 heterocycles. The van der Waals surface area contributed by atoms with Crippen molar-refractivity contribution in [3.8, 4) is 0 Å². The lowest BCUT2D eigenvalue weighted by Crippen LogP contribution is -2.60. The summed E-state index contributed by atoms with van der Waals surface area (Å²) in [7, 11) is 0. The summed E-state index contributed by atoms with van der Waals surface area (Å²) in [5, 5.41) is 23.6. The molecule has 0 unspecified atom stereocenters. The Morgan fingerprint density at radius 2 is 1.76 bits per heavy atom. The number of nitrogens with zero attached hydrogens (tertiary/aromatic N) is 1. The molecule has 3 aliphatic heterocycles. The van der Waals surface area contributed by atoms with Crippen LogP contribution in [-0.4, -0.2) is 102 Å². The maximum atomic E-state index is 12.6. The second kappa shape index (κ2) is 11.1. The molecule has 0 aromatic rings. The Labute approximate surface area is 292 Å². The number of carbonyl (C=O) groups excluding carboxylic acids is 2. The Bertz CT molecular complexity index is 1360. The van der Waals surface area contributed by atoms with Crippen LogP contribution in [0.5, 0.6) is 0 Å². The zero-order valence-electron chi connectivity index (χ0n) is 31.0. The van der Waals surface area contributed by atoms with Gasteiger partial charge in [-0.05, 0) is 111 Å². The van der Waals surface area contributed by atoms with E-state index in [0.29, 0.717) is 38.0 Å². The lowest BCUT2D eigenvalue weighted by molar-refractivity contribution is -0.260. The van der Waals surface area contributed by atoms with Gasteiger partial charge in [-0.15, -0.1) is 0 Å². The van der Waals surface area contributed by atoms with Gasteiger partial charge in [0.05, 0.1) is 43.2 Å². The molecule has 10 heteroatoms. The van der Waals surface area contributed by atoms with Crippen molar-refractivity contribution in [2.45, 2.75) is 155 Å². The second-order valence-corrected chi connectivity index (χ2v) is 19.3. The average Bonchev–Trinajstić information content (AvgIpc) is 3.69. The topological polar surface area (TPSA) is 124 Å². The van der Waals surface area contributed by atoms with Gasteiger partial charge in [0.2, 0.25) is 5.91 Å². The molecule has 2 bridgehead atoms. The Kier molecular flexibility index (Phi) is 7.88. The minimum atomic E-state index is -1.27. The zero-order chi connectivity index (χ0) is 35.1. The monoisotopic (exact) mass is 687 g/mol. The van der Waals surface area contributed by atoms with Gasteiger partial charge in [0.15, 0.2) is 12.4 Å². The van der Waals surface area contributed by atoms with Crippen LogP contribution in [0.25, 0.3) is 0 Å². The molecule has 0 aromatic carbocycles. The molecule has 8 aliphatic rings. The Morgan fingerprint density at radius 3 is 2.47 bits per heavy atom. The van der Waals surface area contributed by atoms with Crippen molar-refractivity contribution in [1.29, 1.82) is 0 Å². The molecule has 1 amide bonds. The number of morpholine rings is 1. The van der Waals surface area contributed by atoms with Crippen LogP contribution in [0.4, 0.5) is 0 Å². The van der Waals surface area contributed by atoms with Gasteiger partial charge in [0.25, 0.3) is 0 Å². The Morgan fingerprint density at radius 1 is 1.04 bits per heavy atom. The summed E-state index contributed by atoms with van der Waals surface area (Å²) >= 11 is 0. The third-order valence-corrected chi connectivity index (χ3v) is 16.5. The molecule has 5 saturated carbocycles. The quantitative estimate of drug-likeness (QED) is 0.403. The summed E-state index contributed by atoms with van der Waals surface area (Å²) in [6, 6.07) is 0. The molecule has 49 heavy (non-hydrogen) atoms. The first kappa shape index (κ1) is 34.8. The Balaban J connectivity index is 1.04. The molecule has 8 fully saturated rings. The third-order valence-electron chi connectivity index (χ3n) is 16.5. The van der Waals surface area contributed by atoms with E-state index in [9.17, 15) is 19.8 Å². The molecular weight excluding hydrogens is 626 g/mol. The van der Waals surface area contributed by atoms with Crippen LogP contribution in [0, 0.1) is 50.7 Å². The molecule has 0 aromatic heterocycles. The maximum absolute atomic E-state index is 12.6. The first-order valence-corrected chi connectivity index (χ1v) is 19.3. The van der Waals surface area contributed by atoms with E-state index in [-0.39, 0.29) is 69.7 Å². The van der Waals surface area contributed by atoms with E-state index >= 15 is 0 Å². The van der Waals surface area contributed by atoms with Crippen molar-refractivity contribution in [2.24, 2.45) is 50.7 Å². The number of hydrogen-bond donors (Lipinski definition) is 2. The van der Waals surface area contributed by atoms with Gasteiger partial charge >= 0.3 is 5.97 Å². The van der Waals surface area contributed by atoms with Crippen LogP contribution in [-0.2, 0) is 33.3 Å². The van der Waals surface area contributed by atoms with Gasteiger partial charge in [0.1, 0.15) is 12.7 Å². The fourth-order valence-corrected chi connectivity index (χ4v) is 14.3. The number of hydrogen-bond acceptors (Lipinski definition) is 9. The summed E-state index contributed by atoms with van der Waals surface area (Å²) in [6.07, 6.45) is 5.56. The van der Waals surface area contributed by atoms with Crippen molar-refractivity contribution in [3.05, 3.63) is 0 Å². The molecule has 2 N–H and O–H groups in total. The van der Waals surface area contributed by atoms with E-state index in [0.717, 1.165) is 32.1 Å². The number of carbonyl (C=O) groups is 2. The molecule has 8 rings (SSSR count). The van der Waals surface area contributed by atoms with Crippen molar-refractivity contribution >= 4 is 11.9 Å². The van der Waals surface area contributed by atoms with Crippen LogP contribution in [0.3, 0.4) is 0 Å². The molecule has 5 aliphatic carbocycles. The van der Waals surface area contributed by atoms with Gasteiger partial charge in [-0.1, -0.05) is 34.6 Å². The standard InChI is InChI=1S/C39H61NO9/c1-21-17-23(32(35(5,6)44)47-22(2)41)48-30-29(21)36(7)13-14-39-20-38(39)12-11-27(49-33-24-18-40(15-16-45-33)28(42)19-46-24)34(3,4)25(38)9-10-26(39)37(36,8)31(30)43/h21,23-27,29-33,43-44H,9-20H2,1-8H3/t21-,23-,24+,25+,26+,27+,29+,30+,31+,32+,33+,36-,37-,38-,39+/m1/s1. The number of aliphatic hydroxyl groups excluding tert-OH is 1. The highest BCUT2D eigenvalue weighted by Gasteiger charge is 2.84. The largest absolute Gasteiger partial charge is 0.457 e. The normalized spacial score (nSPS) is 52.0. The predicted octanol–water partition coefficient (Wildman–Crippen LogP) is 4.47. The van der Waals surface area contributed by atoms with Gasteiger partial charge < -0.3 is 38.8 Å². The number of ether oxygens (including phenoxy) is 5. The van der Waals surface area contributed by atoms with Crippen molar-refractivity contribution < 1.29 is 43.5 Å². The van der Waals surface area contributed by atoms with Crippen molar-refractivity contribution in [3.63, 3.8) is 0 Å². The van der Waals surface area contributed by atoms with E-state index in [4.69, 9.17) is 23.7 Å². The van der Waals surface area contributed by atoms with Crippen molar-refractivity contribution in [2.75, 3.05) is 26.3 Å². The molecular formula is C39H61NO9. The number of rotatable bonds is 5. The van der Waals surface area contributed by atoms with Crippen LogP contribution in [0.15, 0.2) is 0 Å².